The molecule has 3 rings (SSSR count). The second-order valence-electron chi connectivity index (χ2n) is 6.41. The summed E-state index contributed by atoms with van der Waals surface area (Å²) in [6, 6.07) is 8.62. The number of methoxy groups -OCH3 is 1. The predicted molar refractivity (Wildman–Crippen MR) is 114 cm³/mol. The predicted octanol–water partition coefficient (Wildman–Crippen LogP) is 2.87. The fourth-order valence-electron chi connectivity index (χ4n) is 2.74. The first-order valence-corrected chi connectivity index (χ1v) is 10.9. The van der Waals surface area contributed by atoms with E-state index in [1.165, 1.54) is 56.9 Å². The lowest BCUT2D eigenvalue weighted by atomic mass is 10.2. The molecule has 0 atom stereocenters. The van der Waals surface area contributed by atoms with Crippen LogP contribution < -0.4 is 20.7 Å². The fourth-order valence-corrected chi connectivity index (χ4v) is 3.38. The maximum Gasteiger partial charge on any atom is 0.254 e. The van der Waals surface area contributed by atoms with Crippen LogP contribution in [0.1, 0.15) is 10.4 Å². The number of hydrogen-bond donors (Lipinski definition) is 3. The summed E-state index contributed by atoms with van der Waals surface area (Å²) < 4.78 is 42.7. The van der Waals surface area contributed by atoms with E-state index in [4.69, 9.17) is 4.74 Å². The third-order valence-electron chi connectivity index (χ3n) is 4.23. The molecule has 3 aromatic rings. The summed E-state index contributed by atoms with van der Waals surface area (Å²) in [7, 11) is -0.604. The van der Waals surface area contributed by atoms with E-state index in [1.807, 2.05) is 0 Å². The Bertz CT molecular complexity index is 1230. The Morgan fingerprint density at radius 1 is 1.06 bits per heavy atom. The summed E-state index contributed by atoms with van der Waals surface area (Å²) in [5.41, 5.74) is 0.833. The van der Waals surface area contributed by atoms with E-state index in [2.05, 4.69) is 25.9 Å². The lowest BCUT2D eigenvalue weighted by Gasteiger charge is -2.15. The van der Waals surface area contributed by atoms with Gasteiger partial charge in [0, 0.05) is 31.8 Å². The Balaban J connectivity index is 2.00. The first-order chi connectivity index (χ1) is 14.7. The van der Waals surface area contributed by atoms with Gasteiger partial charge in [0.1, 0.15) is 11.6 Å². The number of nitrogens with zero attached hydrogens (tertiary/aromatic N) is 2. The van der Waals surface area contributed by atoms with Gasteiger partial charge in [0.2, 0.25) is 0 Å². The SMILES string of the molecule is CNC(=O)c1cnc(Nc2cc(S(C)(=O)=O)ccn2)cc1Nc1cccc(F)c1OC. The van der Waals surface area contributed by atoms with E-state index in [0.29, 0.717) is 11.4 Å². The van der Waals surface area contributed by atoms with Gasteiger partial charge < -0.3 is 20.7 Å². The number of para-hydroxylation sites is 1. The molecule has 0 saturated carbocycles. The summed E-state index contributed by atoms with van der Waals surface area (Å²) in [5.74, 6) is -0.461. The van der Waals surface area contributed by atoms with Crippen LogP contribution in [0.4, 0.5) is 27.4 Å². The smallest absolute Gasteiger partial charge is 0.254 e. The number of carbonyl (C=O) groups is 1. The molecule has 0 saturated heterocycles. The molecule has 0 aliphatic heterocycles. The number of anilines is 4. The van der Waals surface area contributed by atoms with Crippen molar-refractivity contribution < 1.29 is 22.3 Å². The average molecular weight is 445 g/mol. The van der Waals surface area contributed by atoms with Crippen LogP contribution in [0.15, 0.2) is 53.7 Å². The Hall–Kier alpha value is -3.73. The average Bonchev–Trinajstić information content (AvgIpc) is 2.73. The van der Waals surface area contributed by atoms with Gasteiger partial charge in [0.05, 0.1) is 28.9 Å². The van der Waals surface area contributed by atoms with Gasteiger partial charge in [0.25, 0.3) is 5.91 Å². The summed E-state index contributed by atoms with van der Waals surface area (Å²) in [4.78, 5) is 20.6. The Kier molecular flexibility index (Phi) is 6.35. The molecule has 11 heteroatoms. The minimum absolute atomic E-state index is 0.0146. The molecule has 0 radical (unpaired) electrons. The van der Waals surface area contributed by atoms with E-state index >= 15 is 0 Å². The zero-order valence-corrected chi connectivity index (χ0v) is 17.7. The second kappa shape index (κ2) is 8.96. The van der Waals surface area contributed by atoms with Crippen LogP contribution in [0.2, 0.25) is 0 Å². The number of nitrogens with one attached hydrogen (secondary N) is 3. The van der Waals surface area contributed by atoms with Crippen molar-refractivity contribution in [2.24, 2.45) is 0 Å². The molecule has 3 N–H and O–H groups in total. The van der Waals surface area contributed by atoms with Gasteiger partial charge in [-0.25, -0.2) is 22.8 Å². The third-order valence-corrected chi connectivity index (χ3v) is 5.34. The van der Waals surface area contributed by atoms with Gasteiger partial charge in [0.15, 0.2) is 21.4 Å². The van der Waals surface area contributed by atoms with E-state index in [-0.39, 0.29) is 27.8 Å². The quantitative estimate of drug-likeness (QED) is 0.507. The van der Waals surface area contributed by atoms with Crippen LogP contribution in [0.25, 0.3) is 0 Å². The van der Waals surface area contributed by atoms with Gasteiger partial charge in [-0.05, 0) is 24.3 Å². The van der Waals surface area contributed by atoms with Crippen LogP contribution in [0, 0.1) is 5.82 Å². The van der Waals surface area contributed by atoms with Crippen LogP contribution in [0.5, 0.6) is 5.75 Å². The fraction of sp³-hybridized carbons (Fsp3) is 0.150. The number of ether oxygens (including phenoxy) is 1. The van der Waals surface area contributed by atoms with Crippen LogP contribution in [-0.2, 0) is 9.84 Å². The van der Waals surface area contributed by atoms with Crippen LogP contribution in [-0.4, -0.2) is 44.7 Å². The number of halogens is 1. The van der Waals surface area contributed by atoms with E-state index in [9.17, 15) is 17.6 Å². The van der Waals surface area contributed by atoms with Gasteiger partial charge in [-0.3, -0.25) is 4.79 Å². The number of benzene rings is 1. The molecule has 9 nitrogen and oxygen atoms in total. The Morgan fingerprint density at radius 2 is 1.81 bits per heavy atom. The highest BCUT2D eigenvalue weighted by Gasteiger charge is 2.16. The third kappa shape index (κ3) is 5.07. The molecule has 1 aromatic carbocycles. The standard InChI is InChI=1S/C20H20FN5O4S/c1-22-20(27)13-11-24-18(26-17-9-12(7-8-23-17)31(3,28)29)10-16(13)25-15-6-4-5-14(21)19(15)30-2/h4-11H,1-3H3,(H,22,27)(H2,23,24,25,26). The first kappa shape index (κ1) is 22.0. The van der Waals surface area contributed by atoms with Gasteiger partial charge in [-0.2, -0.15) is 0 Å². The number of pyridine rings is 2. The van der Waals surface area contributed by atoms with Crippen molar-refractivity contribution in [3.63, 3.8) is 0 Å². The molecule has 162 valence electrons. The van der Waals surface area contributed by atoms with Crippen LogP contribution in [0.3, 0.4) is 0 Å². The number of hydrogen-bond acceptors (Lipinski definition) is 8. The Labute approximate surface area is 178 Å². The molecule has 0 fully saturated rings. The van der Waals surface area contributed by atoms with Crippen molar-refractivity contribution in [3.05, 3.63) is 60.2 Å². The van der Waals surface area contributed by atoms with Crippen molar-refractivity contribution in [1.82, 2.24) is 15.3 Å². The van der Waals surface area contributed by atoms with Gasteiger partial charge >= 0.3 is 0 Å². The number of amides is 1. The topological polar surface area (TPSA) is 122 Å². The highest BCUT2D eigenvalue weighted by atomic mass is 32.2. The summed E-state index contributed by atoms with van der Waals surface area (Å²) in [6.45, 7) is 0. The molecular weight excluding hydrogens is 425 g/mol. The number of rotatable bonds is 7. The maximum absolute atomic E-state index is 14.1. The highest BCUT2D eigenvalue weighted by molar-refractivity contribution is 7.90. The molecule has 0 aliphatic rings. The number of sulfone groups is 1. The van der Waals surface area contributed by atoms with Crippen molar-refractivity contribution in [1.29, 1.82) is 0 Å². The number of aromatic nitrogens is 2. The van der Waals surface area contributed by atoms with E-state index in [0.717, 1.165) is 6.26 Å². The maximum atomic E-state index is 14.1. The Morgan fingerprint density at radius 3 is 2.48 bits per heavy atom. The van der Waals surface area contributed by atoms with Crippen molar-refractivity contribution in [2.45, 2.75) is 4.90 Å². The largest absolute Gasteiger partial charge is 0.492 e. The molecule has 0 aliphatic carbocycles. The van der Waals surface area contributed by atoms with E-state index < -0.39 is 21.6 Å². The molecule has 31 heavy (non-hydrogen) atoms. The molecule has 1 amide bonds. The van der Waals surface area contributed by atoms with Crippen LogP contribution >= 0.6 is 0 Å². The highest BCUT2D eigenvalue weighted by Crippen LogP contribution is 2.32. The second-order valence-corrected chi connectivity index (χ2v) is 8.43. The minimum Gasteiger partial charge on any atom is -0.492 e. The zero-order chi connectivity index (χ0) is 22.6. The molecule has 0 bridgehead atoms. The lowest BCUT2D eigenvalue weighted by molar-refractivity contribution is 0.0963. The summed E-state index contributed by atoms with van der Waals surface area (Å²) in [6.07, 6.45) is 3.78. The molecule has 2 heterocycles. The summed E-state index contributed by atoms with van der Waals surface area (Å²) >= 11 is 0. The van der Waals surface area contributed by atoms with Crippen molar-refractivity contribution in [2.75, 3.05) is 31.0 Å². The number of carbonyl (C=O) groups excluding carboxylic acids is 1. The first-order valence-electron chi connectivity index (χ1n) is 8.97. The normalized spacial score (nSPS) is 11.0. The van der Waals surface area contributed by atoms with E-state index in [1.54, 1.807) is 6.07 Å². The van der Waals surface area contributed by atoms with Gasteiger partial charge in [-0.15, -0.1) is 0 Å². The zero-order valence-electron chi connectivity index (χ0n) is 16.9. The van der Waals surface area contributed by atoms with Gasteiger partial charge in [-0.1, -0.05) is 6.07 Å². The lowest BCUT2D eigenvalue weighted by Crippen LogP contribution is -2.19. The molecular formula is C20H20FN5O4S. The molecule has 0 spiro atoms. The van der Waals surface area contributed by atoms with Crippen molar-refractivity contribution in [3.8, 4) is 5.75 Å². The summed E-state index contributed by atoms with van der Waals surface area (Å²) in [5, 5.41) is 8.41. The molecule has 0 unspecified atom stereocenters. The minimum atomic E-state index is -3.41. The van der Waals surface area contributed by atoms with Crippen molar-refractivity contribution >= 4 is 38.8 Å². The monoisotopic (exact) mass is 445 g/mol. The molecule has 2 aromatic heterocycles.